The number of carbonyl (C=O) groups excluding carboxylic acids is 1. The lowest BCUT2D eigenvalue weighted by atomic mass is 9.94. The van der Waals surface area contributed by atoms with Crippen molar-refractivity contribution in [2.24, 2.45) is 17.8 Å². The zero-order valence-electron chi connectivity index (χ0n) is 42.6. The zero-order valence-corrected chi connectivity index (χ0v) is 42.6. The minimum absolute atomic E-state index is 0. The lowest BCUT2D eigenvalue weighted by Gasteiger charge is -2.12. The molecule has 0 aliphatic carbocycles. The highest BCUT2D eigenvalue weighted by Gasteiger charge is 2.12. The van der Waals surface area contributed by atoms with E-state index in [9.17, 15) is 55.9 Å². The molecule has 0 amide bonds. The Morgan fingerprint density at radius 1 is 0.356 bits per heavy atom. The van der Waals surface area contributed by atoms with Crippen molar-refractivity contribution in [2.45, 2.75) is 144 Å². The molecule has 6 aromatic rings. The van der Waals surface area contributed by atoms with E-state index in [1.54, 1.807) is 36.4 Å². The molecule has 6 rings (SSSR count). The first-order chi connectivity index (χ1) is 34.3. The second kappa shape index (κ2) is 31.4. The van der Waals surface area contributed by atoms with Crippen LogP contribution in [0.5, 0.6) is 57.5 Å². The molecule has 0 unspecified atom stereocenters. The van der Waals surface area contributed by atoms with Gasteiger partial charge in [0.1, 0.15) is 17.3 Å². The molecule has 0 aliphatic rings. The Morgan fingerprint density at radius 3 is 1.05 bits per heavy atom. The fourth-order valence-electron chi connectivity index (χ4n) is 8.42. The Hall–Kier alpha value is -7.01. The number of aryl methyl sites for hydroxylation is 7. The molecule has 0 aliphatic heterocycles. The highest BCUT2D eigenvalue weighted by atomic mass is 16.3. The molecule has 6 aromatic carbocycles. The quantitative estimate of drug-likeness (QED) is 0.0203. The number of hydrogen-bond acceptors (Lipinski definition) is 11. The summed E-state index contributed by atoms with van der Waals surface area (Å²) >= 11 is 0. The summed E-state index contributed by atoms with van der Waals surface area (Å²) in [6.45, 7) is 8.44. The molecule has 11 nitrogen and oxygen atoms in total. The van der Waals surface area contributed by atoms with Crippen molar-refractivity contribution in [3.8, 4) is 57.5 Å². The maximum absolute atomic E-state index is 12.1. The summed E-state index contributed by atoms with van der Waals surface area (Å²) < 4.78 is 0. The Kier molecular flexibility index (Phi) is 26.0. The van der Waals surface area contributed by atoms with E-state index >= 15 is 0 Å². The molecule has 0 saturated carbocycles. The fourth-order valence-corrected chi connectivity index (χ4v) is 8.42. The smallest absolute Gasteiger partial charge is 0.157 e. The molecule has 0 fully saturated rings. The summed E-state index contributed by atoms with van der Waals surface area (Å²) in [7, 11) is 0. The Bertz CT molecular complexity index is 2450. The average Bonchev–Trinajstić information content (AvgIpc) is 3.35. The molecule has 0 spiro atoms. The first kappa shape index (κ1) is 60.3. The monoisotopic (exact) mass is 1000 g/mol. The second-order valence-corrected chi connectivity index (χ2v) is 19.7. The summed E-state index contributed by atoms with van der Waals surface area (Å²) in [6.07, 6.45) is 15.9. The summed E-state index contributed by atoms with van der Waals surface area (Å²) in [6, 6.07) is 32.8. The van der Waals surface area contributed by atoms with Crippen LogP contribution in [0, 0.1) is 24.7 Å². The number of Topliss-reactive ketones (excluding diaryl/α,β-unsaturated/α-hetero) is 1. The molecule has 0 heterocycles. The van der Waals surface area contributed by atoms with E-state index in [2.05, 4.69) is 20.8 Å². The molecule has 396 valence electrons. The maximum atomic E-state index is 12.1. The minimum atomic E-state index is -0.0768. The van der Waals surface area contributed by atoms with Gasteiger partial charge in [0.15, 0.2) is 46.0 Å². The summed E-state index contributed by atoms with van der Waals surface area (Å²) in [5.41, 5.74) is 7.23. The predicted molar refractivity (Wildman–Crippen MR) is 292 cm³/mol. The first-order valence-electron chi connectivity index (χ1n) is 25.5. The third kappa shape index (κ3) is 23.0. The van der Waals surface area contributed by atoms with Crippen molar-refractivity contribution < 1.29 is 55.9 Å². The number of phenolic OH excluding ortho intramolecular Hbond substituents is 10. The largest absolute Gasteiger partial charge is 0.508 e. The van der Waals surface area contributed by atoms with Crippen molar-refractivity contribution in [1.82, 2.24) is 0 Å². The van der Waals surface area contributed by atoms with Crippen LogP contribution in [0.25, 0.3) is 0 Å². The second-order valence-electron chi connectivity index (χ2n) is 19.7. The van der Waals surface area contributed by atoms with E-state index in [1.807, 2.05) is 61.5 Å². The fraction of sp³-hybridized carbons (Fsp3) is 0.403. The van der Waals surface area contributed by atoms with Gasteiger partial charge in [-0.15, -0.1) is 0 Å². The van der Waals surface area contributed by atoms with E-state index in [4.69, 9.17) is 0 Å². The van der Waals surface area contributed by atoms with Crippen LogP contribution in [0.1, 0.15) is 138 Å². The Morgan fingerprint density at radius 2 is 0.685 bits per heavy atom. The van der Waals surface area contributed by atoms with Crippen LogP contribution in [-0.4, -0.2) is 56.8 Å². The summed E-state index contributed by atoms with van der Waals surface area (Å²) in [5, 5.41) is 94.2. The molecule has 0 bridgehead atoms. The van der Waals surface area contributed by atoms with E-state index in [0.29, 0.717) is 36.3 Å². The van der Waals surface area contributed by atoms with Crippen LogP contribution in [0.3, 0.4) is 0 Å². The van der Waals surface area contributed by atoms with Gasteiger partial charge in [0.05, 0.1) is 0 Å². The molecular formula is C62H82O11. The average molecular weight is 1000 g/mol. The van der Waals surface area contributed by atoms with Crippen LogP contribution in [0.4, 0.5) is 0 Å². The lowest BCUT2D eigenvalue weighted by molar-refractivity contribution is -0.119. The number of ketones is 1. The van der Waals surface area contributed by atoms with Gasteiger partial charge in [-0.25, -0.2) is 0 Å². The van der Waals surface area contributed by atoms with Crippen LogP contribution in [0.2, 0.25) is 0 Å². The number of carbonyl (C=O) groups is 1. The molecule has 0 radical (unpaired) electrons. The van der Waals surface area contributed by atoms with E-state index in [-0.39, 0.29) is 65.0 Å². The van der Waals surface area contributed by atoms with Crippen molar-refractivity contribution in [3.05, 3.63) is 154 Å². The number of rotatable bonds is 24. The van der Waals surface area contributed by atoms with Gasteiger partial charge in [-0.2, -0.15) is 0 Å². The van der Waals surface area contributed by atoms with Crippen LogP contribution in [-0.2, 0) is 43.3 Å². The van der Waals surface area contributed by atoms with Gasteiger partial charge in [-0.3, -0.25) is 4.79 Å². The Labute approximate surface area is 433 Å². The van der Waals surface area contributed by atoms with Crippen molar-refractivity contribution in [2.75, 3.05) is 0 Å². The standard InChI is InChI=1S/C21H26O3.2C20H26O4.CH4/c1-15(3-5-18-6-4-16(2)21(24)14-18)13-20(23)12-9-17-7-10-19(22)11-8-17;2*1-14(6-7-16-9-11-18(22)20(24)13-16)4-2-3-5-15-8-10-17(21)19(23)12-15;/h4,6-8,10-11,14-15,22,24H,3,5,9,12-13H2,1-2H3;2*8-14,21-24H,2-7H2,1H3;1H4/t15-;2*14-;/m000./s1. The van der Waals surface area contributed by atoms with Crippen LogP contribution in [0.15, 0.2) is 115 Å². The van der Waals surface area contributed by atoms with Gasteiger partial charge in [0, 0.05) is 12.8 Å². The third-order valence-electron chi connectivity index (χ3n) is 13.2. The predicted octanol–water partition coefficient (Wildman–Crippen LogP) is 14.2. The number of hydrogen-bond donors (Lipinski definition) is 10. The van der Waals surface area contributed by atoms with Crippen LogP contribution < -0.4 is 0 Å². The normalized spacial score (nSPS) is 12.0. The van der Waals surface area contributed by atoms with Crippen molar-refractivity contribution >= 4 is 5.78 Å². The van der Waals surface area contributed by atoms with Gasteiger partial charge in [-0.1, -0.05) is 102 Å². The topological polar surface area (TPSA) is 219 Å². The molecule has 11 heteroatoms. The van der Waals surface area contributed by atoms with Gasteiger partial charge in [-0.05, 0) is 201 Å². The lowest BCUT2D eigenvalue weighted by Crippen LogP contribution is -2.07. The van der Waals surface area contributed by atoms with Crippen molar-refractivity contribution in [3.63, 3.8) is 0 Å². The minimum Gasteiger partial charge on any atom is -0.508 e. The summed E-state index contributed by atoms with van der Waals surface area (Å²) in [4.78, 5) is 12.1. The molecule has 10 N–H and O–H groups in total. The van der Waals surface area contributed by atoms with Gasteiger partial charge in [0.2, 0.25) is 0 Å². The molecule has 3 atom stereocenters. The SMILES string of the molecule is C.C[C@@H](CCCCc1ccc(O)c(O)c1)CCc1ccc(O)c(O)c1.C[C@@H](CCCCc1ccc(O)c(O)c1)CCc1ccc(O)c(O)c1.Cc1ccc(CC[C@H](C)CC(=O)CCc2ccc(O)cc2)cc1O. The Balaban J connectivity index is 0.000000287. The van der Waals surface area contributed by atoms with E-state index in [1.165, 1.54) is 24.3 Å². The summed E-state index contributed by atoms with van der Waals surface area (Å²) in [5.74, 6) is 1.85. The van der Waals surface area contributed by atoms with E-state index < -0.39 is 0 Å². The van der Waals surface area contributed by atoms with Crippen LogP contribution >= 0.6 is 0 Å². The van der Waals surface area contributed by atoms with Gasteiger partial charge in [0.25, 0.3) is 0 Å². The number of phenols is 10. The van der Waals surface area contributed by atoms with Gasteiger partial charge < -0.3 is 51.1 Å². The molecule has 0 saturated heterocycles. The first-order valence-corrected chi connectivity index (χ1v) is 25.5. The molecular weight excluding hydrogens is 921 g/mol. The number of benzene rings is 6. The van der Waals surface area contributed by atoms with E-state index in [0.717, 1.165) is 135 Å². The van der Waals surface area contributed by atoms with Crippen molar-refractivity contribution in [1.29, 1.82) is 0 Å². The molecule has 73 heavy (non-hydrogen) atoms. The zero-order chi connectivity index (χ0) is 52.6. The highest BCUT2D eigenvalue weighted by Crippen LogP contribution is 2.30. The highest BCUT2D eigenvalue weighted by molar-refractivity contribution is 5.78. The third-order valence-corrected chi connectivity index (χ3v) is 13.2. The maximum Gasteiger partial charge on any atom is 0.157 e. The number of unbranched alkanes of at least 4 members (excludes halogenated alkanes) is 2. The number of aromatic hydroxyl groups is 10. The van der Waals surface area contributed by atoms with Gasteiger partial charge >= 0.3 is 0 Å². The molecule has 0 aromatic heterocycles.